The Balaban J connectivity index is 1.57. The minimum absolute atomic E-state index is 0.0414. The number of halogens is 1. The van der Waals surface area contributed by atoms with E-state index in [1.807, 2.05) is 66.7 Å². The van der Waals surface area contributed by atoms with Crippen molar-refractivity contribution < 1.29 is 14.3 Å². The summed E-state index contributed by atoms with van der Waals surface area (Å²) in [4.78, 5) is 13.6. The van der Waals surface area contributed by atoms with E-state index in [1.54, 1.807) is 14.2 Å². The first-order valence-electron chi connectivity index (χ1n) is 10.9. The van der Waals surface area contributed by atoms with Crippen LogP contribution in [0.15, 0.2) is 78.0 Å². The second-order valence-corrected chi connectivity index (χ2v) is 8.77. The Morgan fingerprint density at radius 3 is 2.27 bits per heavy atom. The quantitative estimate of drug-likeness (QED) is 0.476. The van der Waals surface area contributed by atoms with Crippen molar-refractivity contribution in [3.63, 3.8) is 0 Å². The van der Waals surface area contributed by atoms with Gasteiger partial charge >= 0.3 is 0 Å². The molecule has 6 heteroatoms. The van der Waals surface area contributed by atoms with E-state index >= 15 is 0 Å². The van der Waals surface area contributed by atoms with Crippen molar-refractivity contribution in [3.8, 4) is 11.5 Å². The lowest BCUT2D eigenvalue weighted by Crippen LogP contribution is -2.26. The number of anilines is 2. The Morgan fingerprint density at radius 1 is 0.848 bits per heavy atom. The highest BCUT2D eigenvalue weighted by atomic mass is 35.5. The first-order chi connectivity index (χ1) is 16.1. The van der Waals surface area contributed by atoms with Gasteiger partial charge in [0.15, 0.2) is 17.3 Å². The van der Waals surface area contributed by atoms with Gasteiger partial charge in [-0.25, -0.2) is 0 Å². The van der Waals surface area contributed by atoms with Gasteiger partial charge in [-0.15, -0.1) is 0 Å². The molecule has 33 heavy (non-hydrogen) atoms. The summed E-state index contributed by atoms with van der Waals surface area (Å²) < 4.78 is 10.9. The van der Waals surface area contributed by atoms with Crippen molar-refractivity contribution in [3.05, 3.63) is 94.1 Å². The summed E-state index contributed by atoms with van der Waals surface area (Å²) in [5.41, 5.74) is 5.71. The second-order valence-electron chi connectivity index (χ2n) is 8.33. The molecule has 0 saturated carbocycles. The maximum atomic E-state index is 13.6. The number of carbonyl (C=O) groups excluding carboxylic acids is 1. The third-order valence-electron chi connectivity index (χ3n) is 6.39. The molecule has 2 aliphatic rings. The van der Waals surface area contributed by atoms with E-state index < -0.39 is 0 Å². The standard InChI is InChI=1S/C27H25ClN2O3/c1-32-24-12-9-17(15-25(24)33-2)18-13-22-26(23(31)14-18)27(16-7-10-19(28)11-8-16)30-21-6-4-3-5-20(21)29-22/h3-12,15,18,27,29-30H,13-14H2,1-2H3/t18-,27+/m0/s1. The van der Waals surface area contributed by atoms with Gasteiger partial charge in [0.25, 0.3) is 0 Å². The molecule has 0 radical (unpaired) electrons. The molecule has 0 spiro atoms. The van der Waals surface area contributed by atoms with Gasteiger partial charge in [-0.3, -0.25) is 4.79 Å². The average Bonchev–Trinajstić information content (AvgIpc) is 3.01. The Bertz CT molecular complexity index is 1240. The van der Waals surface area contributed by atoms with Crippen LogP contribution in [0.3, 0.4) is 0 Å². The lowest BCUT2D eigenvalue weighted by molar-refractivity contribution is -0.116. The smallest absolute Gasteiger partial charge is 0.163 e. The molecular formula is C27H25ClN2O3. The van der Waals surface area contributed by atoms with Gasteiger partial charge in [-0.05, 0) is 59.9 Å². The molecule has 5 rings (SSSR count). The molecule has 3 aromatic rings. The molecule has 2 N–H and O–H groups in total. The number of carbonyl (C=O) groups is 1. The second kappa shape index (κ2) is 8.83. The number of nitrogens with one attached hydrogen (secondary N) is 2. The fourth-order valence-corrected chi connectivity index (χ4v) is 4.87. The van der Waals surface area contributed by atoms with Crippen LogP contribution in [0.4, 0.5) is 11.4 Å². The first-order valence-corrected chi connectivity index (χ1v) is 11.3. The maximum absolute atomic E-state index is 13.6. The van der Waals surface area contributed by atoms with E-state index in [-0.39, 0.29) is 17.7 Å². The Hall–Kier alpha value is -3.44. The Kier molecular flexibility index (Phi) is 5.73. The number of para-hydroxylation sites is 2. The molecular weight excluding hydrogens is 436 g/mol. The number of methoxy groups -OCH3 is 2. The lowest BCUT2D eigenvalue weighted by Gasteiger charge is -2.30. The van der Waals surface area contributed by atoms with E-state index in [1.165, 1.54) is 0 Å². The largest absolute Gasteiger partial charge is 0.493 e. The molecule has 0 bridgehead atoms. The van der Waals surface area contributed by atoms with Gasteiger partial charge in [0, 0.05) is 22.7 Å². The summed E-state index contributed by atoms with van der Waals surface area (Å²) in [6, 6.07) is 21.4. The lowest BCUT2D eigenvalue weighted by atomic mass is 9.78. The van der Waals surface area contributed by atoms with Crippen molar-refractivity contribution in [2.75, 3.05) is 24.9 Å². The first kappa shape index (κ1) is 21.4. The van der Waals surface area contributed by atoms with Crippen molar-refractivity contribution in [1.29, 1.82) is 0 Å². The normalized spacial score (nSPS) is 19.5. The van der Waals surface area contributed by atoms with Crippen molar-refractivity contribution in [2.45, 2.75) is 24.8 Å². The zero-order valence-corrected chi connectivity index (χ0v) is 19.3. The third-order valence-corrected chi connectivity index (χ3v) is 6.64. The van der Waals surface area contributed by atoms with Gasteiger partial charge in [0.2, 0.25) is 0 Å². The number of benzene rings is 3. The molecule has 5 nitrogen and oxygen atoms in total. The summed E-state index contributed by atoms with van der Waals surface area (Å²) in [7, 11) is 3.25. The van der Waals surface area contributed by atoms with Crippen LogP contribution >= 0.6 is 11.6 Å². The van der Waals surface area contributed by atoms with Crippen molar-refractivity contribution in [2.24, 2.45) is 0 Å². The zero-order chi connectivity index (χ0) is 22.9. The number of allylic oxidation sites excluding steroid dienone is 1. The van der Waals surface area contributed by atoms with Gasteiger partial charge < -0.3 is 20.1 Å². The molecule has 2 atom stereocenters. The fourth-order valence-electron chi connectivity index (χ4n) is 4.74. The van der Waals surface area contributed by atoms with Crippen molar-refractivity contribution >= 4 is 28.8 Å². The number of fused-ring (bicyclic) bond motifs is 1. The number of Topliss-reactive ketones (excluding diaryl/α,β-unsaturated/α-hetero) is 1. The van der Waals surface area contributed by atoms with E-state index in [0.29, 0.717) is 22.9 Å². The third kappa shape index (κ3) is 4.05. The predicted molar refractivity (Wildman–Crippen MR) is 131 cm³/mol. The van der Waals surface area contributed by atoms with Gasteiger partial charge in [-0.2, -0.15) is 0 Å². The van der Waals surface area contributed by atoms with Crippen molar-refractivity contribution in [1.82, 2.24) is 0 Å². The Labute approximate surface area is 198 Å². The van der Waals surface area contributed by atoms with E-state index in [2.05, 4.69) is 10.6 Å². The molecule has 0 amide bonds. The fraction of sp³-hybridized carbons (Fsp3) is 0.222. The van der Waals surface area contributed by atoms with E-state index in [0.717, 1.165) is 40.2 Å². The van der Waals surface area contributed by atoms with Gasteiger partial charge in [0.05, 0.1) is 31.6 Å². The highest BCUT2D eigenvalue weighted by molar-refractivity contribution is 6.30. The van der Waals surface area contributed by atoms with E-state index in [9.17, 15) is 4.79 Å². The number of ketones is 1. The molecule has 1 aliphatic carbocycles. The van der Waals surface area contributed by atoms with Crippen LogP contribution in [0.5, 0.6) is 11.5 Å². The monoisotopic (exact) mass is 460 g/mol. The minimum Gasteiger partial charge on any atom is -0.493 e. The summed E-state index contributed by atoms with van der Waals surface area (Å²) in [5.74, 6) is 1.52. The molecule has 0 fully saturated rings. The van der Waals surface area contributed by atoms with Gasteiger partial charge in [-0.1, -0.05) is 41.9 Å². The predicted octanol–water partition coefficient (Wildman–Crippen LogP) is 6.34. The average molecular weight is 461 g/mol. The zero-order valence-electron chi connectivity index (χ0n) is 18.5. The molecule has 3 aromatic carbocycles. The van der Waals surface area contributed by atoms with Crippen LogP contribution in [0, 0.1) is 0 Å². The summed E-state index contributed by atoms with van der Waals surface area (Å²) >= 11 is 6.13. The number of rotatable bonds is 4. The topological polar surface area (TPSA) is 59.6 Å². The SMILES string of the molecule is COc1ccc([C@@H]2CC(=O)C3=C(C2)Nc2ccccc2N[C@@H]3c2ccc(Cl)cc2)cc1OC. The van der Waals surface area contributed by atoms with Crippen LogP contribution < -0.4 is 20.1 Å². The molecule has 1 heterocycles. The van der Waals surface area contributed by atoms with Crippen LogP contribution in [0.2, 0.25) is 5.02 Å². The van der Waals surface area contributed by atoms with Crippen LogP contribution in [0.25, 0.3) is 0 Å². The Morgan fingerprint density at radius 2 is 1.55 bits per heavy atom. The van der Waals surface area contributed by atoms with Crippen LogP contribution in [-0.2, 0) is 4.79 Å². The highest BCUT2D eigenvalue weighted by Gasteiger charge is 2.36. The van der Waals surface area contributed by atoms with E-state index in [4.69, 9.17) is 21.1 Å². The molecule has 0 unspecified atom stereocenters. The molecule has 0 saturated heterocycles. The number of ether oxygens (including phenoxy) is 2. The summed E-state index contributed by atoms with van der Waals surface area (Å²) in [6.07, 6.45) is 1.15. The minimum atomic E-state index is -0.257. The van der Waals surface area contributed by atoms with Crippen LogP contribution in [-0.4, -0.2) is 20.0 Å². The van der Waals surface area contributed by atoms with Crippen LogP contribution in [0.1, 0.15) is 35.9 Å². The number of hydrogen-bond donors (Lipinski definition) is 2. The summed E-state index contributed by atoms with van der Waals surface area (Å²) in [5, 5.41) is 7.83. The maximum Gasteiger partial charge on any atom is 0.163 e. The van der Waals surface area contributed by atoms with Gasteiger partial charge in [0.1, 0.15) is 0 Å². The summed E-state index contributed by atoms with van der Waals surface area (Å²) in [6.45, 7) is 0. The number of hydrogen-bond acceptors (Lipinski definition) is 5. The molecule has 168 valence electrons. The molecule has 1 aliphatic heterocycles. The molecule has 0 aromatic heterocycles. The highest BCUT2D eigenvalue weighted by Crippen LogP contribution is 2.45.